The highest BCUT2D eigenvalue weighted by atomic mass is 35.5. The molecule has 6 heteroatoms. The molecule has 1 amide bonds. The Bertz CT molecular complexity index is 694. The smallest absolute Gasteiger partial charge is 0.243 e. The molecule has 1 N–H and O–H groups in total. The van der Waals surface area contributed by atoms with Crippen LogP contribution in [0.4, 0.5) is 15.8 Å². The number of rotatable bonds is 6. The second kappa shape index (κ2) is 7.83. The Labute approximate surface area is 139 Å². The van der Waals surface area contributed by atoms with Crippen LogP contribution in [-0.4, -0.2) is 26.1 Å². The second-order valence-electron chi connectivity index (χ2n) is 4.89. The summed E-state index contributed by atoms with van der Waals surface area (Å²) in [4.78, 5) is 14.0. The summed E-state index contributed by atoms with van der Waals surface area (Å²) in [6.07, 6.45) is 0. The largest absolute Gasteiger partial charge is 0.495 e. The molecule has 0 bridgehead atoms. The van der Waals surface area contributed by atoms with Crippen molar-refractivity contribution in [3.8, 4) is 5.75 Å². The monoisotopic (exact) mass is 336 g/mol. The molecule has 0 spiro atoms. The normalized spacial score (nSPS) is 10.3. The van der Waals surface area contributed by atoms with Crippen LogP contribution >= 0.6 is 11.6 Å². The molecule has 0 unspecified atom stereocenters. The molecule has 0 saturated heterocycles. The maximum absolute atomic E-state index is 13.3. The third-order valence-corrected chi connectivity index (χ3v) is 3.62. The average Bonchev–Trinajstić information content (AvgIpc) is 2.52. The Kier molecular flexibility index (Phi) is 5.82. The number of methoxy groups -OCH3 is 1. The lowest BCUT2D eigenvalue weighted by molar-refractivity contribution is -0.115. The molecule has 0 atom stereocenters. The third kappa shape index (κ3) is 4.60. The van der Waals surface area contributed by atoms with Gasteiger partial charge < -0.3 is 15.0 Å². The highest BCUT2D eigenvalue weighted by Crippen LogP contribution is 2.27. The number of benzene rings is 2. The molecule has 122 valence electrons. The van der Waals surface area contributed by atoms with Gasteiger partial charge in [-0.3, -0.25) is 4.79 Å². The van der Waals surface area contributed by atoms with E-state index in [1.165, 1.54) is 19.2 Å². The molecule has 2 aromatic carbocycles. The van der Waals surface area contributed by atoms with Crippen LogP contribution < -0.4 is 15.0 Å². The number of hydrogen-bond donors (Lipinski definition) is 1. The van der Waals surface area contributed by atoms with Gasteiger partial charge in [0.15, 0.2) is 0 Å². The number of likely N-dealkylation sites (N-methyl/N-ethyl adjacent to an activating group) is 1. The van der Waals surface area contributed by atoms with Crippen molar-refractivity contribution in [3.63, 3.8) is 0 Å². The van der Waals surface area contributed by atoms with E-state index >= 15 is 0 Å². The minimum atomic E-state index is -0.330. The molecular formula is C17H18ClFN2O2. The van der Waals surface area contributed by atoms with Crippen LogP contribution in [0.3, 0.4) is 0 Å². The first-order valence-electron chi connectivity index (χ1n) is 7.17. The third-order valence-electron chi connectivity index (χ3n) is 3.33. The molecule has 0 aliphatic rings. The number of nitrogens with one attached hydrogen (secondary N) is 1. The molecule has 23 heavy (non-hydrogen) atoms. The SMILES string of the molecule is CCN(CC(=O)Nc1ccc(OC)c(Cl)c1)c1cccc(F)c1. The summed E-state index contributed by atoms with van der Waals surface area (Å²) >= 11 is 6.03. The van der Waals surface area contributed by atoms with E-state index in [1.807, 2.05) is 6.92 Å². The zero-order chi connectivity index (χ0) is 16.8. The van der Waals surface area contributed by atoms with Gasteiger partial charge in [0.05, 0.1) is 18.7 Å². The van der Waals surface area contributed by atoms with Crippen molar-refractivity contribution in [2.75, 3.05) is 30.4 Å². The summed E-state index contributed by atoms with van der Waals surface area (Å²) < 4.78 is 18.4. The summed E-state index contributed by atoms with van der Waals surface area (Å²) in [5, 5.41) is 3.19. The number of hydrogen-bond acceptors (Lipinski definition) is 3. The van der Waals surface area contributed by atoms with E-state index in [2.05, 4.69) is 5.32 Å². The van der Waals surface area contributed by atoms with Crippen molar-refractivity contribution in [2.24, 2.45) is 0 Å². The highest BCUT2D eigenvalue weighted by Gasteiger charge is 2.11. The van der Waals surface area contributed by atoms with Crippen LogP contribution in [0, 0.1) is 5.82 Å². The van der Waals surface area contributed by atoms with Gasteiger partial charge in [0.2, 0.25) is 5.91 Å². The van der Waals surface area contributed by atoms with Crippen molar-refractivity contribution in [2.45, 2.75) is 6.92 Å². The van der Waals surface area contributed by atoms with Crippen LogP contribution in [-0.2, 0) is 4.79 Å². The molecule has 0 radical (unpaired) electrons. The fraction of sp³-hybridized carbons (Fsp3) is 0.235. The summed E-state index contributed by atoms with van der Waals surface area (Å²) in [6.45, 7) is 2.60. The fourth-order valence-corrected chi connectivity index (χ4v) is 2.43. The van der Waals surface area contributed by atoms with Crippen LogP contribution in [0.15, 0.2) is 42.5 Å². The average molecular weight is 337 g/mol. The summed E-state index contributed by atoms with van der Waals surface area (Å²) in [5.41, 5.74) is 1.24. The molecule has 0 fully saturated rings. The van der Waals surface area contributed by atoms with Crippen LogP contribution in [0.25, 0.3) is 0 Å². The zero-order valence-corrected chi connectivity index (χ0v) is 13.7. The van der Waals surface area contributed by atoms with Crippen molar-refractivity contribution < 1.29 is 13.9 Å². The number of carbonyl (C=O) groups excluding carboxylic acids is 1. The molecule has 0 aliphatic carbocycles. The van der Waals surface area contributed by atoms with Crippen molar-refractivity contribution >= 4 is 28.9 Å². The molecule has 0 aliphatic heterocycles. The van der Waals surface area contributed by atoms with E-state index in [1.54, 1.807) is 35.2 Å². The fourth-order valence-electron chi connectivity index (χ4n) is 2.18. The van der Waals surface area contributed by atoms with E-state index < -0.39 is 0 Å². The lowest BCUT2D eigenvalue weighted by atomic mass is 10.2. The van der Waals surface area contributed by atoms with Gasteiger partial charge in [0, 0.05) is 17.9 Å². The minimum Gasteiger partial charge on any atom is -0.495 e. The maximum atomic E-state index is 13.3. The lowest BCUT2D eigenvalue weighted by Crippen LogP contribution is -2.33. The van der Waals surface area contributed by atoms with Gasteiger partial charge in [-0.05, 0) is 43.3 Å². The Morgan fingerprint density at radius 2 is 2.09 bits per heavy atom. The molecular weight excluding hydrogens is 319 g/mol. The number of nitrogens with zero attached hydrogens (tertiary/aromatic N) is 1. The minimum absolute atomic E-state index is 0.115. The van der Waals surface area contributed by atoms with E-state index in [-0.39, 0.29) is 18.3 Å². The summed E-state index contributed by atoms with van der Waals surface area (Å²) in [5.74, 6) is 0.000232. The highest BCUT2D eigenvalue weighted by molar-refractivity contribution is 6.32. The predicted molar refractivity (Wildman–Crippen MR) is 90.9 cm³/mol. The van der Waals surface area contributed by atoms with Gasteiger partial charge in [0.1, 0.15) is 11.6 Å². The van der Waals surface area contributed by atoms with Gasteiger partial charge in [-0.25, -0.2) is 4.39 Å². The van der Waals surface area contributed by atoms with E-state index in [9.17, 15) is 9.18 Å². The Hall–Kier alpha value is -2.27. The lowest BCUT2D eigenvalue weighted by Gasteiger charge is -2.22. The zero-order valence-electron chi connectivity index (χ0n) is 13.0. The standard InChI is InChI=1S/C17H18ClFN2O2/c1-3-21(14-6-4-5-12(19)9-14)11-17(22)20-13-7-8-16(23-2)15(18)10-13/h4-10H,3,11H2,1-2H3,(H,20,22). The predicted octanol–water partition coefficient (Wildman–Crippen LogP) is 3.95. The number of carbonyl (C=O) groups is 1. The number of ether oxygens (including phenoxy) is 1. The van der Waals surface area contributed by atoms with Gasteiger partial charge in [-0.15, -0.1) is 0 Å². The molecule has 0 saturated carbocycles. The van der Waals surface area contributed by atoms with E-state index in [4.69, 9.17) is 16.3 Å². The van der Waals surface area contributed by atoms with Crippen LogP contribution in [0.5, 0.6) is 5.75 Å². The van der Waals surface area contributed by atoms with Crippen molar-refractivity contribution in [1.82, 2.24) is 0 Å². The number of amides is 1. The van der Waals surface area contributed by atoms with Gasteiger partial charge >= 0.3 is 0 Å². The summed E-state index contributed by atoms with van der Waals surface area (Å²) in [7, 11) is 1.53. The second-order valence-corrected chi connectivity index (χ2v) is 5.30. The maximum Gasteiger partial charge on any atom is 0.243 e. The topological polar surface area (TPSA) is 41.6 Å². The number of anilines is 2. The molecule has 2 rings (SSSR count). The molecule has 0 heterocycles. The first-order valence-corrected chi connectivity index (χ1v) is 7.55. The molecule has 0 aromatic heterocycles. The Morgan fingerprint density at radius 3 is 2.70 bits per heavy atom. The van der Waals surface area contributed by atoms with Crippen LogP contribution in [0.1, 0.15) is 6.92 Å². The van der Waals surface area contributed by atoms with E-state index in [0.717, 1.165) is 0 Å². The van der Waals surface area contributed by atoms with Crippen molar-refractivity contribution in [3.05, 3.63) is 53.3 Å². The van der Waals surface area contributed by atoms with Gasteiger partial charge in [-0.1, -0.05) is 17.7 Å². The number of halogens is 2. The first kappa shape index (κ1) is 17.1. The Morgan fingerprint density at radius 1 is 1.30 bits per heavy atom. The van der Waals surface area contributed by atoms with Crippen molar-refractivity contribution in [1.29, 1.82) is 0 Å². The molecule has 2 aromatic rings. The quantitative estimate of drug-likeness (QED) is 0.868. The van der Waals surface area contributed by atoms with Crippen LogP contribution in [0.2, 0.25) is 5.02 Å². The Balaban J connectivity index is 2.04. The van der Waals surface area contributed by atoms with Gasteiger partial charge in [-0.2, -0.15) is 0 Å². The van der Waals surface area contributed by atoms with E-state index in [0.29, 0.717) is 28.7 Å². The first-order chi connectivity index (χ1) is 11.0. The summed E-state index contributed by atoms with van der Waals surface area (Å²) in [6, 6.07) is 11.2. The van der Waals surface area contributed by atoms with Gasteiger partial charge in [0.25, 0.3) is 0 Å². The molecule has 4 nitrogen and oxygen atoms in total.